The van der Waals surface area contributed by atoms with Crippen molar-refractivity contribution in [2.24, 2.45) is 0 Å². The zero-order chi connectivity index (χ0) is 21.7. The second kappa shape index (κ2) is 9.17. The molecule has 0 radical (unpaired) electrons. The molecule has 0 spiro atoms. The summed E-state index contributed by atoms with van der Waals surface area (Å²) in [6, 6.07) is 8.32. The maximum Gasteiger partial charge on any atom is 0.261 e. The number of carbonyl (C=O) groups excluding carboxylic acids is 1. The number of carbonyl (C=O) groups is 1. The van der Waals surface area contributed by atoms with E-state index in [2.05, 4.69) is 10.3 Å². The molecule has 0 aliphatic heterocycles. The van der Waals surface area contributed by atoms with Crippen LogP contribution in [0, 0.1) is 0 Å². The van der Waals surface area contributed by atoms with E-state index in [-0.39, 0.29) is 24.4 Å². The van der Waals surface area contributed by atoms with Gasteiger partial charge in [-0.1, -0.05) is 0 Å². The second-order valence-corrected chi connectivity index (χ2v) is 6.33. The number of rotatable bonds is 8. The summed E-state index contributed by atoms with van der Waals surface area (Å²) in [6.45, 7) is 0.167. The van der Waals surface area contributed by atoms with Gasteiger partial charge in [0.2, 0.25) is 5.91 Å². The zero-order valence-electron chi connectivity index (χ0n) is 17.2. The van der Waals surface area contributed by atoms with E-state index in [9.17, 15) is 9.59 Å². The molecule has 9 heteroatoms. The van der Waals surface area contributed by atoms with Gasteiger partial charge in [-0.15, -0.1) is 0 Å². The standard InChI is InChI=1S/C21H23N3O6/c1-27-13-5-6-15(17(9-13)28-2)23-20(25)7-8-24-12-22-16-11-19(30-4)18(29-3)10-14(16)21(24)26/h5-6,9-12H,7-8H2,1-4H3,(H,23,25). The van der Waals surface area contributed by atoms with E-state index in [1.165, 1.54) is 32.2 Å². The second-order valence-electron chi connectivity index (χ2n) is 6.33. The van der Waals surface area contributed by atoms with Gasteiger partial charge < -0.3 is 24.3 Å². The molecular weight excluding hydrogens is 390 g/mol. The Balaban J connectivity index is 1.76. The van der Waals surface area contributed by atoms with Crippen molar-refractivity contribution in [3.05, 3.63) is 47.0 Å². The van der Waals surface area contributed by atoms with Crippen LogP contribution in [0.15, 0.2) is 41.5 Å². The van der Waals surface area contributed by atoms with Crippen LogP contribution < -0.4 is 29.8 Å². The van der Waals surface area contributed by atoms with Gasteiger partial charge in [0.05, 0.1) is 51.4 Å². The summed E-state index contributed by atoms with van der Waals surface area (Å²) >= 11 is 0. The molecule has 3 rings (SSSR count). The number of amides is 1. The molecule has 0 aliphatic rings. The minimum absolute atomic E-state index is 0.0789. The number of methoxy groups -OCH3 is 4. The van der Waals surface area contributed by atoms with E-state index in [0.29, 0.717) is 39.6 Å². The summed E-state index contributed by atoms with van der Waals surface area (Å²) < 4.78 is 22.3. The van der Waals surface area contributed by atoms with Crippen LogP contribution >= 0.6 is 0 Å². The topological polar surface area (TPSA) is 101 Å². The molecule has 0 unspecified atom stereocenters. The average Bonchev–Trinajstić information content (AvgIpc) is 2.78. The minimum atomic E-state index is -0.268. The number of aromatic nitrogens is 2. The lowest BCUT2D eigenvalue weighted by Gasteiger charge is -2.12. The summed E-state index contributed by atoms with van der Waals surface area (Å²) in [5, 5.41) is 3.16. The van der Waals surface area contributed by atoms with E-state index in [1.807, 2.05) is 0 Å². The number of benzene rings is 2. The molecule has 1 amide bonds. The quantitative estimate of drug-likeness (QED) is 0.605. The van der Waals surface area contributed by atoms with Crippen LogP contribution in [0.2, 0.25) is 0 Å². The van der Waals surface area contributed by atoms with Crippen molar-refractivity contribution >= 4 is 22.5 Å². The van der Waals surface area contributed by atoms with Gasteiger partial charge in [0.15, 0.2) is 11.5 Å². The number of ether oxygens (including phenoxy) is 4. The third-order valence-electron chi connectivity index (χ3n) is 4.59. The third-order valence-corrected chi connectivity index (χ3v) is 4.59. The number of fused-ring (bicyclic) bond motifs is 1. The number of hydrogen-bond donors (Lipinski definition) is 1. The maximum absolute atomic E-state index is 12.8. The van der Waals surface area contributed by atoms with Crippen molar-refractivity contribution in [3.63, 3.8) is 0 Å². The molecule has 9 nitrogen and oxygen atoms in total. The van der Waals surface area contributed by atoms with E-state index in [1.54, 1.807) is 37.4 Å². The molecule has 2 aromatic carbocycles. The Hall–Kier alpha value is -3.75. The van der Waals surface area contributed by atoms with Crippen molar-refractivity contribution in [3.8, 4) is 23.0 Å². The maximum atomic E-state index is 12.8. The number of nitrogens with zero attached hydrogens (tertiary/aromatic N) is 2. The number of nitrogens with one attached hydrogen (secondary N) is 1. The fourth-order valence-electron chi connectivity index (χ4n) is 2.98. The summed E-state index contributed by atoms with van der Waals surface area (Å²) in [4.78, 5) is 29.5. The van der Waals surface area contributed by atoms with Crippen molar-refractivity contribution in [2.75, 3.05) is 33.8 Å². The van der Waals surface area contributed by atoms with E-state index in [4.69, 9.17) is 18.9 Å². The van der Waals surface area contributed by atoms with E-state index < -0.39 is 0 Å². The lowest BCUT2D eigenvalue weighted by Crippen LogP contribution is -2.23. The highest BCUT2D eigenvalue weighted by molar-refractivity contribution is 5.92. The van der Waals surface area contributed by atoms with Gasteiger partial charge in [-0.25, -0.2) is 4.98 Å². The molecule has 0 bridgehead atoms. The zero-order valence-corrected chi connectivity index (χ0v) is 17.2. The van der Waals surface area contributed by atoms with Crippen molar-refractivity contribution < 1.29 is 23.7 Å². The molecule has 0 fully saturated rings. The highest BCUT2D eigenvalue weighted by Gasteiger charge is 2.13. The van der Waals surface area contributed by atoms with Gasteiger partial charge in [-0.2, -0.15) is 0 Å². The average molecular weight is 413 g/mol. The first-order valence-electron chi connectivity index (χ1n) is 9.13. The summed E-state index contributed by atoms with van der Waals surface area (Å²) in [5.41, 5.74) is 0.737. The van der Waals surface area contributed by atoms with Gasteiger partial charge in [-0.05, 0) is 18.2 Å². The van der Waals surface area contributed by atoms with Crippen LogP contribution in [-0.2, 0) is 11.3 Å². The van der Waals surface area contributed by atoms with Gasteiger partial charge >= 0.3 is 0 Å². The first kappa shape index (κ1) is 21.0. The molecule has 30 heavy (non-hydrogen) atoms. The molecular formula is C21H23N3O6. The largest absolute Gasteiger partial charge is 0.497 e. The summed E-state index contributed by atoms with van der Waals surface area (Å²) in [6.07, 6.45) is 1.49. The van der Waals surface area contributed by atoms with Crippen molar-refractivity contribution in [2.45, 2.75) is 13.0 Å². The predicted molar refractivity (Wildman–Crippen MR) is 112 cm³/mol. The van der Waals surface area contributed by atoms with E-state index in [0.717, 1.165) is 0 Å². The van der Waals surface area contributed by atoms with Crippen LogP contribution in [0.4, 0.5) is 5.69 Å². The molecule has 0 atom stereocenters. The minimum Gasteiger partial charge on any atom is -0.497 e. The Morgan fingerprint density at radius 2 is 1.67 bits per heavy atom. The Morgan fingerprint density at radius 1 is 0.967 bits per heavy atom. The predicted octanol–water partition coefficient (Wildman–Crippen LogP) is 2.46. The van der Waals surface area contributed by atoms with Crippen LogP contribution in [-0.4, -0.2) is 43.9 Å². The Kier molecular flexibility index (Phi) is 6.41. The SMILES string of the molecule is COc1ccc(NC(=O)CCn2cnc3cc(OC)c(OC)cc3c2=O)c(OC)c1. The van der Waals surface area contributed by atoms with Crippen LogP contribution in [0.1, 0.15) is 6.42 Å². The lowest BCUT2D eigenvalue weighted by atomic mass is 10.2. The van der Waals surface area contributed by atoms with Crippen LogP contribution in [0.25, 0.3) is 10.9 Å². The normalized spacial score (nSPS) is 10.5. The van der Waals surface area contributed by atoms with Gasteiger partial charge in [0.25, 0.3) is 5.56 Å². The highest BCUT2D eigenvalue weighted by Crippen LogP contribution is 2.30. The van der Waals surface area contributed by atoms with E-state index >= 15 is 0 Å². The first-order chi connectivity index (χ1) is 14.5. The van der Waals surface area contributed by atoms with Gasteiger partial charge in [0, 0.05) is 25.1 Å². The smallest absolute Gasteiger partial charge is 0.261 e. The molecule has 0 saturated carbocycles. The van der Waals surface area contributed by atoms with Crippen molar-refractivity contribution in [1.29, 1.82) is 0 Å². The van der Waals surface area contributed by atoms with Gasteiger partial charge in [0.1, 0.15) is 11.5 Å². The number of anilines is 1. The first-order valence-corrected chi connectivity index (χ1v) is 9.13. The van der Waals surface area contributed by atoms with Crippen molar-refractivity contribution in [1.82, 2.24) is 9.55 Å². The van der Waals surface area contributed by atoms with Crippen LogP contribution in [0.3, 0.4) is 0 Å². The molecule has 158 valence electrons. The summed E-state index contributed by atoms with van der Waals surface area (Å²) in [5.74, 6) is 1.75. The molecule has 1 heterocycles. The monoisotopic (exact) mass is 413 g/mol. The molecule has 0 aliphatic carbocycles. The highest BCUT2D eigenvalue weighted by atomic mass is 16.5. The fourth-order valence-corrected chi connectivity index (χ4v) is 2.98. The molecule has 3 aromatic rings. The lowest BCUT2D eigenvalue weighted by molar-refractivity contribution is -0.116. The molecule has 0 saturated heterocycles. The Morgan fingerprint density at radius 3 is 2.33 bits per heavy atom. The summed E-state index contributed by atoms with van der Waals surface area (Å²) in [7, 11) is 6.07. The molecule has 1 aromatic heterocycles. The number of aryl methyl sites for hydroxylation is 1. The number of hydrogen-bond acceptors (Lipinski definition) is 7. The van der Waals surface area contributed by atoms with Crippen LogP contribution in [0.5, 0.6) is 23.0 Å². The molecule has 1 N–H and O–H groups in total. The Bertz CT molecular complexity index is 1130. The fraction of sp³-hybridized carbons (Fsp3) is 0.286. The third kappa shape index (κ3) is 4.29. The Labute approximate surface area is 173 Å². The van der Waals surface area contributed by atoms with Gasteiger partial charge in [-0.3, -0.25) is 14.2 Å².